The van der Waals surface area contributed by atoms with Crippen molar-refractivity contribution in [3.8, 4) is 5.75 Å². The lowest BCUT2D eigenvalue weighted by Gasteiger charge is -2.44. The largest absolute Gasteiger partial charge is 0.497 e. The van der Waals surface area contributed by atoms with E-state index in [-0.39, 0.29) is 11.9 Å². The Labute approximate surface area is 188 Å². The molecule has 2 aliphatic heterocycles. The first-order chi connectivity index (χ1) is 15.5. The molecule has 2 aliphatic rings. The van der Waals surface area contributed by atoms with Gasteiger partial charge in [-0.2, -0.15) is 0 Å². The van der Waals surface area contributed by atoms with Crippen LogP contribution in [0.1, 0.15) is 65.6 Å². The number of piperidine rings is 1. The molecule has 32 heavy (non-hydrogen) atoms. The van der Waals surface area contributed by atoms with Crippen LogP contribution in [0.2, 0.25) is 0 Å². The number of carbonyl (C=O) groups excluding carboxylic acids is 2. The first-order valence-electron chi connectivity index (χ1n) is 11.1. The minimum atomic E-state index is -0.650. The van der Waals surface area contributed by atoms with Crippen LogP contribution in [-0.4, -0.2) is 53.6 Å². The summed E-state index contributed by atoms with van der Waals surface area (Å²) in [5.74, 6) is 0.873. The minimum absolute atomic E-state index is 0.0934. The van der Waals surface area contributed by atoms with Crippen molar-refractivity contribution in [2.45, 2.75) is 50.5 Å². The highest BCUT2D eigenvalue weighted by molar-refractivity contribution is 5.93. The molecule has 1 atom stereocenters. The Morgan fingerprint density at radius 3 is 2.53 bits per heavy atom. The maximum absolute atomic E-state index is 14.2. The molecule has 3 heterocycles. The van der Waals surface area contributed by atoms with Gasteiger partial charge in [0.15, 0.2) is 5.82 Å². The van der Waals surface area contributed by atoms with Crippen molar-refractivity contribution in [2.75, 3.05) is 26.9 Å². The number of primary amides is 1. The third kappa shape index (κ3) is 4.07. The minimum Gasteiger partial charge on any atom is -0.497 e. The summed E-state index contributed by atoms with van der Waals surface area (Å²) >= 11 is 0. The van der Waals surface area contributed by atoms with Crippen LogP contribution in [0.25, 0.3) is 0 Å². The number of carbonyl (C=O) groups is 2. The van der Waals surface area contributed by atoms with Gasteiger partial charge in [-0.25, -0.2) is 9.97 Å². The van der Waals surface area contributed by atoms with E-state index in [9.17, 15) is 9.59 Å². The van der Waals surface area contributed by atoms with Gasteiger partial charge in [-0.05, 0) is 56.7 Å². The van der Waals surface area contributed by atoms with Crippen molar-refractivity contribution in [2.24, 2.45) is 5.73 Å². The Balaban J connectivity index is 1.70. The Morgan fingerprint density at radius 1 is 1.19 bits per heavy atom. The van der Waals surface area contributed by atoms with E-state index in [1.54, 1.807) is 14.0 Å². The molecule has 8 nitrogen and oxygen atoms in total. The van der Waals surface area contributed by atoms with Gasteiger partial charge in [-0.1, -0.05) is 12.1 Å². The van der Waals surface area contributed by atoms with Crippen LogP contribution in [0.15, 0.2) is 30.5 Å². The van der Waals surface area contributed by atoms with Crippen molar-refractivity contribution in [3.05, 3.63) is 53.1 Å². The molecule has 0 spiro atoms. The summed E-state index contributed by atoms with van der Waals surface area (Å²) in [6, 6.07) is 7.56. The predicted molar refractivity (Wildman–Crippen MR) is 118 cm³/mol. The second kappa shape index (κ2) is 9.24. The third-order valence-corrected chi connectivity index (χ3v) is 6.72. The standard InChI is InChI=1S/C24H30N4O4/c1-16-19(21(25)29)15-26-22(27-16)20-5-3-4-12-28(20)23(30)24(10-13-32-14-11-24)17-6-8-18(31-2)9-7-17/h6-9,15,20H,3-5,10-14H2,1-2H3,(H2,25,29). The van der Waals surface area contributed by atoms with Crippen LogP contribution in [0, 0.1) is 6.92 Å². The first kappa shape index (κ1) is 22.2. The van der Waals surface area contributed by atoms with Gasteiger partial charge in [-0.15, -0.1) is 0 Å². The van der Waals surface area contributed by atoms with Crippen LogP contribution >= 0.6 is 0 Å². The van der Waals surface area contributed by atoms with E-state index in [2.05, 4.69) is 9.97 Å². The van der Waals surface area contributed by atoms with Crippen molar-refractivity contribution in [1.82, 2.24) is 14.9 Å². The third-order valence-electron chi connectivity index (χ3n) is 6.72. The number of methoxy groups -OCH3 is 1. The van der Waals surface area contributed by atoms with Crippen molar-refractivity contribution < 1.29 is 19.1 Å². The van der Waals surface area contributed by atoms with Gasteiger partial charge >= 0.3 is 0 Å². The molecule has 0 radical (unpaired) electrons. The van der Waals surface area contributed by atoms with Crippen LogP contribution in [0.5, 0.6) is 5.75 Å². The molecule has 2 amide bonds. The second-order valence-electron chi connectivity index (χ2n) is 8.52. The van der Waals surface area contributed by atoms with Crippen molar-refractivity contribution in [1.29, 1.82) is 0 Å². The highest BCUT2D eigenvalue weighted by atomic mass is 16.5. The lowest BCUT2D eigenvalue weighted by molar-refractivity contribution is -0.145. The fraction of sp³-hybridized carbons (Fsp3) is 0.500. The average Bonchev–Trinajstić information content (AvgIpc) is 2.83. The number of ether oxygens (including phenoxy) is 2. The molecular weight excluding hydrogens is 408 g/mol. The lowest BCUT2D eigenvalue weighted by Crippen LogP contribution is -2.52. The van der Waals surface area contributed by atoms with Crippen molar-refractivity contribution >= 4 is 11.8 Å². The SMILES string of the molecule is COc1ccc(C2(C(=O)N3CCCCC3c3ncc(C(N)=O)c(C)n3)CCOCC2)cc1. The number of nitrogens with two attached hydrogens (primary N) is 1. The molecule has 1 aromatic carbocycles. The van der Waals surface area contributed by atoms with E-state index in [4.69, 9.17) is 15.2 Å². The van der Waals surface area contributed by atoms with Crippen molar-refractivity contribution in [3.63, 3.8) is 0 Å². The monoisotopic (exact) mass is 438 g/mol. The van der Waals surface area contributed by atoms with Crippen LogP contribution < -0.4 is 10.5 Å². The smallest absolute Gasteiger partial charge is 0.252 e. The fourth-order valence-electron chi connectivity index (χ4n) is 4.86. The van der Waals surface area contributed by atoms with Gasteiger partial charge in [0.2, 0.25) is 5.91 Å². The molecule has 1 aromatic heterocycles. The highest BCUT2D eigenvalue weighted by Crippen LogP contribution is 2.41. The quantitative estimate of drug-likeness (QED) is 0.769. The van der Waals surface area contributed by atoms with E-state index < -0.39 is 11.3 Å². The normalized spacial score (nSPS) is 20.6. The summed E-state index contributed by atoms with van der Waals surface area (Å²) in [4.78, 5) is 36.7. The number of amides is 2. The van der Waals surface area contributed by atoms with Gasteiger partial charge in [-0.3, -0.25) is 9.59 Å². The highest BCUT2D eigenvalue weighted by Gasteiger charge is 2.46. The topological polar surface area (TPSA) is 108 Å². The number of aromatic nitrogens is 2. The molecule has 8 heteroatoms. The number of likely N-dealkylation sites (tertiary alicyclic amines) is 1. The number of rotatable bonds is 5. The summed E-state index contributed by atoms with van der Waals surface area (Å²) in [7, 11) is 1.63. The Kier molecular flexibility index (Phi) is 6.41. The molecule has 4 rings (SSSR count). The molecule has 170 valence electrons. The number of nitrogens with zero attached hydrogens (tertiary/aromatic N) is 3. The molecule has 0 aliphatic carbocycles. The van der Waals surface area contributed by atoms with E-state index in [0.717, 1.165) is 30.6 Å². The number of hydrogen-bond acceptors (Lipinski definition) is 6. The molecule has 2 fully saturated rings. The first-order valence-corrected chi connectivity index (χ1v) is 11.1. The Hall–Kier alpha value is -3.00. The molecule has 1 unspecified atom stereocenters. The van der Waals surface area contributed by atoms with Crippen LogP contribution in [-0.2, 0) is 14.9 Å². The summed E-state index contributed by atoms with van der Waals surface area (Å²) < 4.78 is 10.9. The Morgan fingerprint density at radius 2 is 1.91 bits per heavy atom. The maximum Gasteiger partial charge on any atom is 0.252 e. The van der Waals surface area contributed by atoms with Crippen LogP contribution in [0.3, 0.4) is 0 Å². The van der Waals surface area contributed by atoms with E-state index in [1.807, 2.05) is 29.2 Å². The number of hydrogen-bond donors (Lipinski definition) is 1. The van der Waals surface area contributed by atoms with Gasteiger partial charge < -0.3 is 20.1 Å². The Bertz CT molecular complexity index is 986. The number of benzene rings is 1. The second-order valence-corrected chi connectivity index (χ2v) is 8.52. The van der Waals surface area contributed by atoms with E-state index in [0.29, 0.717) is 49.7 Å². The van der Waals surface area contributed by atoms with E-state index >= 15 is 0 Å². The zero-order chi connectivity index (χ0) is 22.7. The summed E-state index contributed by atoms with van der Waals surface area (Å²) in [5.41, 5.74) is 6.59. The fourth-order valence-corrected chi connectivity index (χ4v) is 4.86. The predicted octanol–water partition coefficient (Wildman–Crippen LogP) is 2.69. The molecule has 2 saturated heterocycles. The van der Waals surface area contributed by atoms with E-state index in [1.165, 1.54) is 6.20 Å². The van der Waals surface area contributed by atoms with Crippen LogP contribution in [0.4, 0.5) is 0 Å². The zero-order valence-corrected chi connectivity index (χ0v) is 18.7. The molecule has 0 bridgehead atoms. The summed E-state index contributed by atoms with van der Waals surface area (Å²) in [5, 5.41) is 0. The summed E-state index contributed by atoms with van der Waals surface area (Å²) in [6.07, 6.45) is 5.45. The molecular formula is C24H30N4O4. The molecule has 2 aromatic rings. The average molecular weight is 439 g/mol. The van der Waals surface area contributed by atoms with Gasteiger partial charge in [0.25, 0.3) is 5.91 Å². The lowest BCUT2D eigenvalue weighted by atomic mass is 9.72. The maximum atomic E-state index is 14.2. The number of aryl methyl sites for hydroxylation is 1. The molecule has 2 N–H and O–H groups in total. The van der Waals surface area contributed by atoms with Gasteiger partial charge in [0.05, 0.1) is 29.8 Å². The van der Waals surface area contributed by atoms with Gasteiger partial charge in [0.1, 0.15) is 5.75 Å². The van der Waals surface area contributed by atoms with Gasteiger partial charge in [0, 0.05) is 26.0 Å². The molecule has 0 saturated carbocycles. The summed E-state index contributed by atoms with van der Waals surface area (Å²) in [6.45, 7) is 3.48. The zero-order valence-electron chi connectivity index (χ0n) is 18.7.